The highest BCUT2D eigenvalue weighted by Crippen LogP contribution is 2.39. The van der Waals surface area contributed by atoms with Gasteiger partial charge in [0.1, 0.15) is 17.0 Å². The third-order valence-corrected chi connectivity index (χ3v) is 5.91. The third-order valence-electron chi connectivity index (χ3n) is 5.91. The summed E-state index contributed by atoms with van der Waals surface area (Å²) in [4.78, 5) is 36.6. The zero-order valence-electron chi connectivity index (χ0n) is 21.7. The van der Waals surface area contributed by atoms with Crippen molar-refractivity contribution in [3.8, 4) is 17.0 Å². The summed E-state index contributed by atoms with van der Waals surface area (Å²) >= 11 is 0. The summed E-state index contributed by atoms with van der Waals surface area (Å²) in [5, 5.41) is 19.3. The van der Waals surface area contributed by atoms with Crippen LogP contribution in [0.1, 0.15) is 17.8 Å². The monoisotopic (exact) mass is 536 g/mol. The highest BCUT2D eigenvalue weighted by Gasteiger charge is 2.24. The number of benzene rings is 1. The average molecular weight is 537 g/mol. The summed E-state index contributed by atoms with van der Waals surface area (Å²) in [6, 6.07) is 8.51. The Morgan fingerprint density at radius 3 is 2.59 bits per heavy atom. The predicted octanol–water partition coefficient (Wildman–Crippen LogP) is 3.87. The predicted molar refractivity (Wildman–Crippen MR) is 149 cm³/mol. The normalized spacial score (nSPS) is 10.7. The SMILES string of the molecule is C.COC(=O)c1cnc(Nc2cc([N+](=O)[O-])c(N(C)CCN(C)C)cc2OC)nc1-c1cnn2ccccc12. The molecular weight excluding hydrogens is 504 g/mol. The lowest BCUT2D eigenvalue weighted by atomic mass is 10.1. The molecule has 4 aromatic rings. The number of carbonyl (C=O) groups excluding carboxylic acids is 1. The van der Waals surface area contributed by atoms with Gasteiger partial charge in [-0.2, -0.15) is 5.10 Å². The number of nitro groups is 1. The second-order valence-corrected chi connectivity index (χ2v) is 8.68. The van der Waals surface area contributed by atoms with E-state index in [0.29, 0.717) is 41.5 Å². The minimum atomic E-state index is -0.611. The fraction of sp³-hybridized carbons (Fsp3) is 0.308. The van der Waals surface area contributed by atoms with Gasteiger partial charge in [0, 0.05) is 50.2 Å². The minimum Gasteiger partial charge on any atom is -0.494 e. The zero-order chi connectivity index (χ0) is 27.4. The first-order chi connectivity index (χ1) is 18.2. The summed E-state index contributed by atoms with van der Waals surface area (Å²) in [5.74, 6) is -0.148. The highest BCUT2D eigenvalue weighted by atomic mass is 16.6. The minimum absolute atomic E-state index is 0. The van der Waals surface area contributed by atoms with Crippen LogP contribution in [0, 0.1) is 10.1 Å². The Labute approximate surface area is 226 Å². The van der Waals surface area contributed by atoms with E-state index in [9.17, 15) is 14.9 Å². The lowest BCUT2D eigenvalue weighted by molar-refractivity contribution is -0.384. The lowest BCUT2D eigenvalue weighted by Gasteiger charge is -2.22. The molecule has 0 saturated heterocycles. The van der Waals surface area contributed by atoms with E-state index in [4.69, 9.17) is 9.47 Å². The number of nitrogens with one attached hydrogen (secondary N) is 1. The number of hydrogen-bond donors (Lipinski definition) is 1. The maximum atomic E-state index is 12.5. The molecule has 1 N–H and O–H groups in total. The van der Waals surface area contributed by atoms with Gasteiger partial charge in [0.15, 0.2) is 0 Å². The topological polar surface area (TPSA) is 140 Å². The van der Waals surface area contributed by atoms with Crippen LogP contribution in [0.2, 0.25) is 0 Å². The van der Waals surface area contributed by atoms with Gasteiger partial charge in [-0.3, -0.25) is 10.1 Å². The maximum Gasteiger partial charge on any atom is 0.341 e. The average Bonchev–Trinajstić information content (AvgIpc) is 3.35. The van der Waals surface area contributed by atoms with Crippen molar-refractivity contribution in [1.29, 1.82) is 0 Å². The van der Waals surface area contributed by atoms with Crippen molar-refractivity contribution in [3.05, 3.63) is 64.6 Å². The van der Waals surface area contributed by atoms with E-state index in [1.807, 2.05) is 37.2 Å². The summed E-state index contributed by atoms with van der Waals surface area (Å²) < 4.78 is 12.1. The Morgan fingerprint density at radius 1 is 1.15 bits per heavy atom. The molecule has 3 aromatic heterocycles. The molecule has 39 heavy (non-hydrogen) atoms. The van der Waals surface area contributed by atoms with Crippen LogP contribution in [0.5, 0.6) is 5.75 Å². The number of nitro benzene ring substituents is 1. The largest absolute Gasteiger partial charge is 0.494 e. The molecule has 1 aromatic carbocycles. The van der Waals surface area contributed by atoms with Gasteiger partial charge in [-0.1, -0.05) is 13.5 Å². The Bertz CT molecular complexity index is 1490. The van der Waals surface area contributed by atoms with E-state index in [-0.39, 0.29) is 24.6 Å². The molecule has 0 aliphatic rings. The zero-order valence-corrected chi connectivity index (χ0v) is 21.7. The molecule has 0 spiro atoms. The van der Waals surface area contributed by atoms with Crippen LogP contribution >= 0.6 is 0 Å². The third kappa shape index (κ3) is 6.04. The fourth-order valence-corrected chi connectivity index (χ4v) is 3.89. The van der Waals surface area contributed by atoms with E-state index in [1.54, 1.807) is 34.9 Å². The Balaban J connectivity index is 0.00000420. The van der Waals surface area contributed by atoms with Crippen molar-refractivity contribution in [2.24, 2.45) is 0 Å². The molecular formula is C26H32N8O5. The van der Waals surface area contributed by atoms with Crippen LogP contribution in [0.15, 0.2) is 48.9 Å². The molecule has 0 amide bonds. The quantitative estimate of drug-likeness (QED) is 0.179. The van der Waals surface area contributed by atoms with E-state index >= 15 is 0 Å². The number of carbonyl (C=O) groups is 1. The van der Waals surface area contributed by atoms with Crippen LogP contribution in [0.3, 0.4) is 0 Å². The molecule has 0 unspecified atom stereocenters. The molecule has 0 fully saturated rings. The number of pyridine rings is 1. The number of aromatic nitrogens is 4. The maximum absolute atomic E-state index is 12.5. The standard InChI is InChI=1S/C25H28N8O5.CH4/c1-30(2)10-11-31(3)20-13-22(37-4)18(12-21(20)33(35)36)28-25-26-14-17(24(34)38-5)23(29-25)16-15-27-32-9-7-6-8-19(16)32;/h6-9,12-15H,10-11H2,1-5H3,(H,26,28,29);1H4. The molecule has 3 heterocycles. The van der Waals surface area contributed by atoms with Gasteiger partial charge in [0.25, 0.3) is 5.69 Å². The molecule has 13 heteroatoms. The second kappa shape index (κ2) is 12.2. The molecule has 0 bridgehead atoms. The number of fused-ring (bicyclic) bond motifs is 1. The van der Waals surface area contributed by atoms with Gasteiger partial charge < -0.3 is 24.6 Å². The molecule has 206 valence electrons. The number of methoxy groups -OCH3 is 2. The number of anilines is 3. The van der Waals surface area contributed by atoms with Crippen molar-refractivity contribution in [3.63, 3.8) is 0 Å². The summed E-state index contributed by atoms with van der Waals surface area (Å²) in [5.41, 5.74) is 2.35. The molecule has 0 radical (unpaired) electrons. The molecule has 4 rings (SSSR count). The lowest BCUT2D eigenvalue weighted by Crippen LogP contribution is -2.29. The van der Waals surface area contributed by atoms with Gasteiger partial charge in [0.2, 0.25) is 5.95 Å². The van der Waals surface area contributed by atoms with Crippen molar-refractivity contribution in [2.75, 3.05) is 58.7 Å². The number of ether oxygens (including phenoxy) is 2. The number of nitrogens with zero attached hydrogens (tertiary/aromatic N) is 7. The Kier molecular flexibility index (Phi) is 8.99. The first-order valence-electron chi connectivity index (χ1n) is 11.6. The summed E-state index contributed by atoms with van der Waals surface area (Å²) in [6.07, 6.45) is 4.71. The summed E-state index contributed by atoms with van der Waals surface area (Å²) in [6.45, 7) is 1.29. The molecule has 13 nitrogen and oxygen atoms in total. The smallest absolute Gasteiger partial charge is 0.341 e. The first kappa shape index (κ1) is 28.8. The Morgan fingerprint density at radius 2 is 1.92 bits per heavy atom. The van der Waals surface area contributed by atoms with Crippen molar-refractivity contribution in [1.82, 2.24) is 24.5 Å². The molecule has 0 aliphatic heterocycles. The fourth-order valence-electron chi connectivity index (χ4n) is 3.89. The van der Waals surface area contributed by atoms with Crippen LogP contribution < -0.4 is 15.0 Å². The Hall–Kier alpha value is -4.78. The summed E-state index contributed by atoms with van der Waals surface area (Å²) in [7, 11) is 8.40. The van der Waals surface area contributed by atoms with E-state index in [0.717, 1.165) is 5.52 Å². The number of likely N-dealkylation sites (N-methyl/N-ethyl adjacent to an activating group) is 2. The number of esters is 1. The van der Waals surface area contributed by atoms with E-state index in [2.05, 4.69) is 20.4 Å². The van der Waals surface area contributed by atoms with Crippen LogP contribution in [0.4, 0.5) is 23.0 Å². The van der Waals surface area contributed by atoms with E-state index < -0.39 is 10.9 Å². The second-order valence-electron chi connectivity index (χ2n) is 8.68. The van der Waals surface area contributed by atoms with Crippen molar-refractivity contribution in [2.45, 2.75) is 7.43 Å². The van der Waals surface area contributed by atoms with Crippen molar-refractivity contribution < 1.29 is 19.2 Å². The van der Waals surface area contributed by atoms with Crippen LogP contribution in [-0.2, 0) is 4.74 Å². The highest BCUT2D eigenvalue weighted by molar-refractivity contribution is 5.98. The molecule has 0 aliphatic carbocycles. The van der Waals surface area contributed by atoms with Gasteiger partial charge in [-0.15, -0.1) is 0 Å². The van der Waals surface area contributed by atoms with Gasteiger partial charge >= 0.3 is 5.97 Å². The van der Waals surface area contributed by atoms with E-state index in [1.165, 1.54) is 26.5 Å². The first-order valence-corrected chi connectivity index (χ1v) is 11.6. The number of rotatable bonds is 10. The van der Waals surface area contributed by atoms with Crippen LogP contribution in [0.25, 0.3) is 16.8 Å². The van der Waals surface area contributed by atoms with Crippen molar-refractivity contribution >= 4 is 34.5 Å². The van der Waals surface area contributed by atoms with Gasteiger partial charge in [-0.25, -0.2) is 19.3 Å². The van der Waals surface area contributed by atoms with Gasteiger partial charge in [0.05, 0.1) is 42.2 Å². The molecule has 0 atom stereocenters. The number of hydrogen-bond acceptors (Lipinski definition) is 11. The molecule has 0 saturated carbocycles. The van der Waals surface area contributed by atoms with Gasteiger partial charge in [-0.05, 0) is 26.2 Å². The van der Waals surface area contributed by atoms with Crippen LogP contribution in [-0.4, -0.2) is 83.8 Å².